The van der Waals surface area contributed by atoms with Gasteiger partial charge in [0, 0.05) is 21.2 Å². The first-order chi connectivity index (χ1) is 15.7. The first-order valence-electron chi connectivity index (χ1n) is 9.96. The van der Waals surface area contributed by atoms with Gasteiger partial charge in [0.05, 0.1) is 11.1 Å². The van der Waals surface area contributed by atoms with Crippen LogP contribution in [0.2, 0.25) is 0 Å². The lowest BCUT2D eigenvalue weighted by Gasteiger charge is -2.12. The van der Waals surface area contributed by atoms with Crippen molar-refractivity contribution < 1.29 is 9.59 Å². The lowest BCUT2D eigenvalue weighted by Crippen LogP contribution is -2.13. The summed E-state index contributed by atoms with van der Waals surface area (Å²) in [6.45, 7) is 0. The maximum Gasteiger partial charge on any atom is 0.256 e. The first kappa shape index (κ1) is 21.7. The van der Waals surface area contributed by atoms with Crippen molar-refractivity contribution in [1.29, 1.82) is 0 Å². The van der Waals surface area contributed by atoms with E-state index in [2.05, 4.69) is 10.6 Å². The summed E-state index contributed by atoms with van der Waals surface area (Å²) in [6, 6.07) is 33.6. The Labute approximate surface area is 194 Å². The minimum Gasteiger partial charge on any atom is -0.322 e. The fraction of sp³-hybridized carbons (Fsp3) is 0. The van der Waals surface area contributed by atoms with E-state index in [1.165, 1.54) is 21.6 Å². The average Bonchev–Trinajstić information content (AvgIpc) is 2.84. The molecule has 0 aliphatic heterocycles. The van der Waals surface area contributed by atoms with Crippen LogP contribution < -0.4 is 10.6 Å². The molecule has 0 saturated heterocycles. The highest BCUT2D eigenvalue weighted by molar-refractivity contribution is 8.76. The predicted octanol–water partition coefficient (Wildman–Crippen LogP) is 6.99. The van der Waals surface area contributed by atoms with Gasteiger partial charge in [0.15, 0.2) is 0 Å². The SMILES string of the molecule is O=C(Nc1ccccc1)c1ccccc1SSc1ccccc1C(=O)Nc1ccccc1. The number of carbonyl (C=O) groups excluding carboxylic acids is 2. The van der Waals surface area contributed by atoms with Crippen LogP contribution in [-0.4, -0.2) is 11.8 Å². The Morgan fingerprint density at radius 1 is 0.469 bits per heavy atom. The molecule has 4 rings (SSSR count). The molecular formula is C26H20N2O2S2. The van der Waals surface area contributed by atoms with Gasteiger partial charge in [-0.15, -0.1) is 0 Å². The molecule has 158 valence electrons. The van der Waals surface area contributed by atoms with Crippen LogP contribution in [0, 0.1) is 0 Å². The monoisotopic (exact) mass is 456 g/mol. The van der Waals surface area contributed by atoms with Gasteiger partial charge >= 0.3 is 0 Å². The Bertz CT molecular complexity index is 1120. The number of rotatable bonds is 7. The summed E-state index contributed by atoms with van der Waals surface area (Å²) in [4.78, 5) is 27.3. The fourth-order valence-corrected chi connectivity index (χ4v) is 5.34. The first-order valence-corrected chi connectivity index (χ1v) is 12.1. The predicted molar refractivity (Wildman–Crippen MR) is 133 cm³/mol. The Hall–Kier alpha value is -3.48. The van der Waals surface area contributed by atoms with Crippen molar-refractivity contribution in [1.82, 2.24) is 0 Å². The Morgan fingerprint density at radius 2 is 0.812 bits per heavy atom. The van der Waals surface area contributed by atoms with Crippen LogP contribution in [0.15, 0.2) is 119 Å². The van der Waals surface area contributed by atoms with Crippen molar-refractivity contribution in [2.75, 3.05) is 10.6 Å². The van der Waals surface area contributed by atoms with Crippen molar-refractivity contribution in [2.24, 2.45) is 0 Å². The van der Waals surface area contributed by atoms with Crippen LogP contribution in [0.1, 0.15) is 20.7 Å². The van der Waals surface area contributed by atoms with Gasteiger partial charge in [0.2, 0.25) is 0 Å². The molecule has 0 aliphatic rings. The van der Waals surface area contributed by atoms with Gasteiger partial charge in [0.25, 0.3) is 11.8 Å². The van der Waals surface area contributed by atoms with E-state index < -0.39 is 0 Å². The molecule has 0 aromatic heterocycles. The van der Waals surface area contributed by atoms with Gasteiger partial charge in [-0.3, -0.25) is 9.59 Å². The summed E-state index contributed by atoms with van der Waals surface area (Å²) in [7, 11) is 2.91. The largest absolute Gasteiger partial charge is 0.322 e. The van der Waals surface area contributed by atoms with Crippen LogP contribution >= 0.6 is 21.6 Å². The molecule has 4 aromatic rings. The maximum absolute atomic E-state index is 12.8. The molecule has 0 aliphatic carbocycles. The van der Waals surface area contributed by atoms with Crippen LogP contribution in [-0.2, 0) is 0 Å². The average molecular weight is 457 g/mol. The summed E-state index contributed by atoms with van der Waals surface area (Å²) < 4.78 is 0. The zero-order valence-electron chi connectivity index (χ0n) is 17.0. The van der Waals surface area contributed by atoms with Gasteiger partial charge in [0.1, 0.15) is 0 Å². The molecule has 0 radical (unpaired) electrons. The van der Waals surface area contributed by atoms with E-state index in [-0.39, 0.29) is 11.8 Å². The molecule has 0 atom stereocenters. The highest BCUT2D eigenvalue weighted by atomic mass is 33.1. The van der Waals surface area contributed by atoms with Gasteiger partial charge in [-0.1, -0.05) is 82.3 Å². The van der Waals surface area contributed by atoms with Gasteiger partial charge in [-0.2, -0.15) is 0 Å². The molecule has 0 fully saturated rings. The molecule has 0 heterocycles. The van der Waals surface area contributed by atoms with E-state index in [0.717, 1.165) is 21.2 Å². The molecular weight excluding hydrogens is 436 g/mol. The van der Waals surface area contributed by atoms with E-state index in [1.54, 1.807) is 12.1 Å². The van der Waals surface area contributed by atoms with Crippen LogP contribution in [0.5, 0.6) is 0 Å². The van der Waals surface area contributed by atoms with E-state index in [9.17, 15) is 9.59 Å². The Morgan fingerprint density at radius 3 is 1.22 bits per heavy atom. The van der Waals surface area contributed by atoms with E-state index in [4.69, 9.17) is 0 Å². The van der Waals surface area contributed by atoms with Crippen molar-refractivity contribution in [3.05, 3.63) is 120 Å². The van der Waals surface area contributed by atoms with Gasteiger partial charge < -0.3 is 10.6 Å². The van der Waals surface area contributed by atoms with Crippen LogP contribution in [0.4, 0.5) is 11.4 Å². The van der Waals surface area contributed by atoms with Crippen LogP contribution in [0.25, 0.3) is 0 Å². The second-order valence-corrected chi connectivity index (χ2v) is 9.01. The highest BCUT2D eigenvalue weighted by Gasteiger charge is 2.15. The Kier molecular flexibility index (Phi) is 7.27. The van der Waals surface area contributed by atoms with Crippen molar-refractivity contribution in [3.63, 3.8) is 0 Å². The molecule has 0 bridgehead atoms. The van der Waals surface area contributed by atoms with Gasteiger partial charge in [-0.25, -0.2) is 0 Å². The third-order valence-electron chi connectivity index (χ3n) is 4.55. The summed E-state index contributed by atoms with van der Waals surface area (Å²) in [5.41, 5.74) is 2.65. The molecule has 32 heavy (non-hydrogen) atoms. The molecule has 2 amide bonds. The molecule has 0 spiro atoms. The fourth-order valence-electron chi connectivity index (χ4n) is 2.98. The quantitative estimate of drug-likeness (QED) is 0.294. The number of nitrogens with one attached hydrogen (secondary N) is 2. The molecule has 0 saturated carbocycles. The lowest BCUT2D eigenvalue weighted by atomic mass is 10.2. The number of para-hydroxylation sites is 2. The maximum atomic E-state index is 12.8. The number of hydrogen-bond donors (Lipinski definition) is 2. The zero-order valence-corrected chi connectivity index (χ0v) is 18.7. The number of hydrogen-bond acceptors (Lipinski definition) is 4. The normalized spacial score (nSPS) is 10.4. The topological polar surface area (TPSA) is 58.2 Å². The molecule has 6 heteroatoms. The summed E-state index contributed by atoms with van der Waals surface area (Å²) >= 11 is 0. The van der Waals surface area contributed by atoms with E-state index in [0.29, 0.717) is 11.1 Å². The summed E-state index contributed by atoms with van der Waals surface area (Å²) in [5.74, 6) is -0.343. The molecule has 4 nitrogen and oxygen atoms in total. The smallest absolute Gasteiger partial charge is 0.256 e. The van der Waals surface area contributed by atoms with Crippen LogP contribution in [0.3, 0.4) is 0 Å². The highest BCUT2D eigenvalue weighted by Crippen LogP contribution is 2.40. The second-order valence-electron chi connectivity index (χ2n) is 6.80. The third-order valence-corrected chi connectivity index (χ3v) is 7.03. The second kappa shape index (κ2) is 10.7. The zero-order chi connectivity index (χ0) is 22.2. The Balaban J connectivity index is 1.49. The number of carbonyl (C=O) groups is 2. The van der Waals surface area contributed by atoms with Crippen molar-refractivity contribution in [2.45, 2.75) is 9.79 Å². The number of anilines is 2. The number of amides is 2. The lowest BCUT2D eigenvalue weighted by molar-refractivity contribution is 0.101. The standard InChI is InChI=1S/C26H20N2O2S2/c29-25(27-19-11-3-1-4-12-19)21-15-7-9-17-23(21)31-32-24-18-10-8-16-22(24)26(30)28-20-13-5-2-6-14-20/h1-18H,(H,27,29)(H,28,30). The van der Waals surface area contributed by atoms with E-state index in [1.807, 2.05) is 97.1 Å². The summed E-state index contributed by atoms with van der Waals surface area (Å²) in [6.07, 6.45) is 0. The molecule has 4 aromatic carbocycles. The van der Waals surface area contributed by atoms with Crippen molar-refractivity contribution in [3.8, 4) is 0 Å². The molecule has 2 N–H and O–H groups in total. The minimum absolute atomic E-state index is 0.171. The minimum atomic E-state index is -0.171. The third kappa shape index (κ3) is 5.60. The van der Waals surface area contributed by atoms with Crippen molar-refractivity contribution >= 4 is 44.8 Å². The van der Waals surface area contributed by atoms with E-state index >= 15 is 0 Å². The number of benzene rings is 4. The van der Waals surface area contributed by atoms with Gasteiger partial charge in [-0.05, 0) is 48.5 Å². The summed E-state index contributed by atoms with van der Waals surface area (Å²) in [5, 5.41) is 5.86. The molecule has 0 unspecified atom stereocenters.